The van der Waals surface area contributed by atoms with Crippen molar-refractivity contribution in [2.24, 2.45) is 0 Å². The summed E-state index contributed by atoms with van der Waals surface area (Å²) in [7, 11) is 1.39. The first-order valence-electron chi connectivity index (χ1n) is 7.48. The molecule has 0 saturated carbocycles. The maximum absolute atomic E-state index is 13.6. The second-order valence-electron chi connectivity index (χ2n) is 5.30. The normalized spacial score (nSPS) is 10.6. The molecule has 0 unspecified atom stereocenters. The zero-order valence-corrected chi connectivity index (χ0v) is 13.2. The third-order valence-electron chi connectivity index (χ3n) is 3.60. The number of carbonyl (C=O) groups excluding carboxylic acids is 1. The van der Waals surface area contributed by atoms with Gasteiger partial charge in [0.05, 0.1) is 24.7 Å². The number of halogens is 1. The fourth-order valence-electron chi connectivity index (χ4n) is 2.38. The molecule has 2 aromatic carbocycles. The number of esters is 1. The molecule has 0 saturated heterocycles. The Kier molecular flexibility index (Phi) is 4.70. The van der Waals surface area contributed by atoms with E-state index in [9.17, 15) is 9.18 Å². The van der Waals surface area contributed by atoms with Gasteiger partial charge in [-0.25, -0.2) is 9.37 Å². The van der Waals surface area contributed by atoms with Crippen LogP contribution in [0.5, 0.6) is 5.75 Å². The molecule has 4 nitrogen and oxygen atoms in total. The fourth-order valence-corrected chi connectivity index (χ4v) is 2.38. The van der Waals surface area contributed by atoms with Crippen LogP contribution in [0.1, 0.15) is 11.3 Å². The summed E-state index contributed by atoms with van der Waals surface area (Å²) < 4.78 is 23.7. The Morgan fingerprint density at radius 2 is 1.96 bits per heavy atom. The second-order valence-corrected chi connectivity index (χ2v) is 5.30. The number of ether oxygens (including phenoxy) is 2. The SMILES string of the molecule is COc1ccc(CC(=O)OCc2ccc3ccccc3n2)cc1F. The van der Waals surface area contributed by atoms with Gasteiger partial charge in [0.1, 0.15) is 6.61 Å². The van der Waals surface area contributed by atoms with Crippen molar-refractivity contribution in [2.75, 3.05) is 7.11 Å². The first-order chi connectivity index (χ1) is 11.7. The number of nitrogens with zero attached hydrogens (tertiary/aromatic N) is 1. The first kappa shape index (κ1) is 15.9. The Morgan fingerprint density at radius 1 is 1.12 bits per heavy atom. The number of carbonyl (C=O) groups is 1. The zero-order valence-electron chi connectivity index (χ0n) is 13.2. The lowest BCUT2D eigenvalue weighted by Gasteiger charge is -2.07. The lowest BCUT2D eigenvalue weighted by Crippen LogP contribution is -2.09. The largest absolute Gasteiger partial charge is 0.494 e. The molecule has 0 aliphatic rings. The van der Waals surface area contributed by atoms with Gasteiger partial charge in [-0.3, -0.25) is 4.79 Å². The van der Waals surface area contributed by atoms with Crippen LogP contribution in [0.4, 0.5) is 4.39 Å². The standard InChI is InChI=1S/C19H16FNO3/c1-23-18-9-6-13(10-16(18)20)11-19(22)24-12-15-8-7-14-4-2-3-5-17(14)21-15/h2-10H,11-12H2,1H3. The average Bonchev–Trinajstić information content (AvgIpc) is 2.60. The zero-order chi connectivity index (χ0) is 16.9. The first-order valence-corrected chi connectivity index (χ1v) is 7.48. The molecule has 5 heteroatoms. The molecule has 0 fully saturated rings. The number of benzene rings is 2. The van der Waals surface area contributed by atoms with E-state index in [2.05, 4.69) is 4.98 Å². The predicted octanol–water partition coefficient (Wildman–Crippen LogP) is 3.67. The van der Waals surface area contributed by atoms with E-state index in [0.29, 0.717) is 11.3 Å². The number of rotatable bonds is 5. The quantitative estimate of drug-likeness (QED) is 0.672. The van der Waals surface area contributed by atoms with Crippen LogP contribution in [-0.2, 0) is 22.6 Å². The minimum absolute atomic E-state index is 0.00546. The number of hydrogen-bond donors (Lipinski definition) is 0. The van der Waals surface area contributed by atoms with Crippen LogP contribution in [-0.4, -0.2) is 18.1 Å². The highest BCUT2D eigenvalue weighted by Gasteiger charge is 2.09. The number of methoxy groups -OCH3 is 1. The van der Waals surface area contributed by atoms with Gasteiger partial charge in [-0.05, 0) is 29.8 Å². The summed E-state index contributed by atoms with van der Waals surface area (Å²) in [4.78, 5) is 16.3. The lowest BCUT2D eigenvalue weighted by atomic mass is 10.1. The summed E-state index contributed by atoms with van der Waals surface area (Å²) in [5.74, 6) is -0.791. The number of para-hydroxylation sites is 1. The highest BCUT2D eigenvalue weighted by molar-refractivity contribution is 5.78. The van der Waals surface area contributed by atoms with Crippen LogP contribution in [0.2, 0.25) is 0 Å². The monoisotopic (exact) mass is 325 g/mol. The molecule has 24 heavy (non-hydrogen) atoms. The van der Waals surface area contributed by atoms with Crippen LogP contribution in [0, 0.1) is 5.82 Å². The van der Waals surface area contributed by atoms with Crippen molar-refractivity contribution in [3.8, 4) is 5.75 Å². The van der Waals surface area contributed by atoms with Crippen LogP contribution in [0.15, 0.2) is 54.6 Å². The van der Waals surface area contributed by atoms with Crippen molar-refractivity contribution < 1.29 is 18.7 Å². The molecular weight excluding hydrogens is 309 g/mol. The molecule has 1 aromatic heterocycles. The lowest BCUT2D eigenvalue weighted by molar-refractivity contribution is -0.144. The van der Waals surface area contributed by atoms with E-state index in [0.717, 1.165) is 10.9 Å². The van der Waals surface area contributed by atoms with E-state index < -0.39 is 11.8 Å². The molecular formula is C19H16FNO3. The molecule has 0 bridgehead atoms. The maximum Gasteiger partial charge on any atom is 0.310 e. The molecule has 0 N–H and O–H groups in total. The van der Waals surface area contributed by atoms with E-state index in [-0.39, 0.29) is 18.8 Å². The van der Waals surface area contributed by atoms with Crippen LogP contribution in [0.3, 0.4) is 0 Å². The average molecular weight is 325 g/mol. The molecule has 0 atom stereocenters. The second kappa shape index (κ2) is 7.08. The van der Waals surface area contributed by atoms with Gasteiger partial charge in [0, 0.05) is 5.39 Å². The van der Waals surface area contributed by atoms with Crippen LogP contribution >= 0.6 is 0 Å². The van der Waals surface area contributed by atoms with Crippen molar-refractivity contribution in [3.63, 3.8) is 0 Å². The van der Waals surface area contributed by atoms with Crippen LogP contribution in [0.25, 0.3) is 10.9 Å². The Morgan fingerprint density at radius 3 is 2.75 bits per heavy atom. The highest BCUT2D eigenvalue weighted by Crippen LogP contribution is 2.18. The third-order valence-corrected chi connectivity index (χ3v) is 3.60. The highest BCUT2D eigenvalue weighted by atomic mass is 19.1. The van der Waals surface area contributed by atoms with Gasteiger partial charge in [-0.1, -0.05) is 30.3 Å². The number of fused-ring (bicyclic) bond motifs is 1. The summed E-state index contributed by atoms with van der Waals surface area (Å²) in [6, 6.07) is 15.9. The fraction of sp³-hybridized carbons (Fsp3) is 0.158. The predicted molar refractivity (Wildman–Crippen MR) is 88.2 cm³/mol. The summed E-state index contributed by atoms with van der Waals surface area (Å²) in [6.07, 6.45) is -0.00546. The van der Waals surface area contributed by atoms with Gasteiger partial charge in [0.15, 0.2) is 11.6 Å². The number of pyridine rings is 1. The van der Waals surface area contributed by atoms with Crippen molar-refractivity contribution in [2.45, 2.75) is 13.0 Å². The summed E-state index contributed by atoms with van der Waals surface area (Å²) in [6.45, 7) is 0.0856. The Hall–Kier alpha value is -2.95. The molecule has 0 aliphatic heterocycles. The summed E-state index contributed by atoms with van der Waals surface area (Å²) >= 11 is 0. The minimum atomic E-state index is -0.501. The molecule has 3 aromatic rings. The van der Waals surface area contributed by atoms with Gasteiger partial charge in [0.2, 0.25) is 0 Å². The number of hydrogen-bond acceptors (Lipinski definition) is 4. The molecule has 0 aliphatic carbocycles. The Labute approximate surface area is 138 Å². The van der Waals surface area contributed by atoms with Crippen molar-refractivity contribution >= 4 is 16.9 Å². The Balaban J connectivity index is 1.61. The van der Waals surface area contributed by atoms with Gasteiger partial charge in [-0.2, -0.15) is 0 Å². The molecule has 0 amide bonds. The van der Waals surface area contributed by atoms with Crippen molar-refractivity contribution in [3.05, 3.63) is 71.7 Å². The van der Waals surface area contributed by atoms with E-state index >= 15 is 0 Å². The molecule has 122 valence electrons. The van der Waals surface area contributed by atoms with Crippen LogP contribution < -0.4 is 4.74 Å². The summed E-state index contributed by atoms with van der Waals surface area (Å²) in [5, 5.41) is 1.03. The Bertz CT molecular complexity index is 879. The van der Waals surface area contributed by atoms with Gasteiger partial charge in [-0.15, -0.1) is 0 Å². The van der Waals surface area contributed by atoms with Gasteiger partial charge >= 0.3 is 5.97 Å². The third kappa shape index (κ3) is 3.68. The minimum Gasteiger partial charge on any atom is -0.494 e. The molecule has 0 radical (unpaired) electrons. The smallest absolute Gasteiger partial charge is 0.310 e. The number of aromatic nitrogens is 1. The summed E-state index contributed by atoms with van der Waals surface area (Å²) in [5.41, 5.74) is 2.05. The van der Waals surface area contributed by atoms with E-state index in [1.54, 1.807) is 6.07 Å². The van der Waals surface area contributed by atoms with Crippen molar-refractivity contribution in [1.29, 1.82) is 0 Å². The molecule has 1 heterocycles. The van der Waals surface area contributed by atoms with Gasteiger partial charge < -0.3 is 9.47 Å². The van der Waals surface area contributed by atoms with E-state index in [1.807, 2.05) is 36.4 Å². The van der Waals surface area contributed by atoms with Gasteiger partial charge in [0.25, 0.3) is 0 Å². The molecule has 0 spiro atoms. The topological polar surface area (TPSA) is 48.4 Å². The van der Waals surface area contributed by atoms with E-state index in [4.69, 9.17) is 9.47 Å². The maximum atomic E-state index is 13.6. The van der Waals surface area contributed by atoms with Crippen molar-refractivity contribution in [1.82, 2.24) is 4.98 Å². The van der Waals surface area contributed by atoms with E-state index in [1.165, 1.54) is 19.2 Å². The molecule has 3 rings (SSSR count).